The number of hydrazone groups is 1. The molecular weight excluding hydrogens is 446 g/mol. The van der Waals surface area contributed by atoms with Gasteiger partial charge >= 0.3 is 0 Å². The molecule has 4 aromatic carbocycles. The summed E-state index contributed by atoms with van der Waals surface area (Å²) in [7, 11) is -3.66. The fourth-order valence-corrected chi connectivity index (χ4v) is 4.80. The highest BCUT2D eigenvalue weighted by Gasteiger charge is 2.21. The number of nitrogens with zero attached hydrogens (tertiary/aromatic N) is 2. The first kappa shape index (κ1) is 23.4. The number of anilines is 1. The molecule has 0 saturated carbocycles. The molecule has 0 spiro atoms. The van der Waals surface area contributed by atoms with Crippen molar-refractivity contribution in [2.24, 2.45) is 5.10 Å². The van der Waals surface area contributed by atoms with Gasteiger partial charge in [-0.25, -0.2) is 13.8 Å². The molecule has 0 aromatic heterocycles. The zero-order chi connectivity index (χ0) is 24.3. The van der Waals surface area contributed by atoms with E-state index in [0.29, 0.717) is 11.6 Å². The van der Waals surface area contributed by atoms with Gasteiger partial charge in [-0.15, -0.1) is 0 Å². The standard InChI is InChI=1S/C27H27N3O3S/c1-19(2)20-12-14-23(15-13-20)30(34(3,32)33)18-27(31)29-28-17-26-24-10-6-4-8-21(24)16-22-9-5-7-11-25(22)26/h4-17,19H,18H2,1-3H3,(H,29,31)/b28-17+. The molecule has 0 unspecified atom stereocenters. The van der Waals surface area contributed by atoms with Crippen LogP contribution in [0.4, 0.5) is 5.69 Å². The Bertz CT molecular complexity index is 1420. The molecule has 0 radical (unpaired) electrons. The fraction of sp³-hybridized carbons (Fsp3) is 0.185. The molecule has 0 heterocycles. The third-order valence-corrected chi connectivity index (χ3v) is 6.87. The van der Waals surface area contributed by atoms with E-state index in [1.54, 1.807) is 18.3 Å². The van der Waals surface area contributed by atoms with Crippen LogP contribution >= 0.6 is 0 Å². The van der Waals surface area contributed by atoms with Crippen molar-refractivity contribution in [3.63, 3.8) is 0 Å². The number of nitrogens with one attached hydrogen (secondary N) is 1. The molecule has 4 aromatic rings. The van der Waals surface area contributed by atoms with Crippen molar-refractivity contribution in [1.82, 2.24) is 5.43 Å². The minimum absolute atomic E-state index is 0.323. The predicted molar refractivity (Wildman–Crippen MR) is 140 cm³/mol. The number of fused-ring (bicyclic) bond motifs is 2. The van der Waals surface area contributed by atoms with Crippen LogP contribution in [0.15, 0.2) is 84.0 Å². The number of amides is 1. The van der Waals surface area contributed by atoms with Crippen LogP contribution in [0.3, 0.4) is 0 Å². The summed E-state index contributed by atoms with van der Waals surface area (Å²) in [6.07, 6.45) is 2.70. The lowest BCUT2D eigenvalue weighted by molar-refractivity contribution is -0.119. The second-order valence-corrected chi connectivity index (χ2v) is 10.4. The highest BCUT2D eigenvalue weighted by Crippen LogP contribution is 2.27. The van der Waals surface area contributed by atoms with E-state index < -0.39 is 15.9 Å². The summed E-state index contributed by atoms with van der Waals surface area (Å²) in [4.78, 5) is 12.6. The van der Waals surface area contributed by atoms with Crippen LogP contribution in [0, 0.1) is 0 Å². The van der Waals surface area contributed by atoms with Crippen LogP contribution in [0.1, 0.15) is 30.9 Å². The van der Waals surface area contributed by atoms with Gasteiger partial charge in [0.25, 0.3) is 5.91 Å². The van der Waals surface area contributed by atoms with Gasteiger partial charge in [0.2, 0.25) is 10.0 Å². The number of rotatable bonds is 7. The van der Waals surface area contributed by atoms with E-state index in [0.717, 1.165) is 43.2 Å². The molecule has 1 N–H and O–H groups in total. The van der Waals surface area contributed by atoms with Crippen molar-refractivity contribution in [1.29, 1.82) is 0 Å². The summed E-state index contributed by atoms with van der Waals surface area (Å²) in [5, 5.41) is 8.34. The van der Waals surface area contributed by atoms with Crippen LogP contribution < -0.4 is 9.73 Å². The highest BCUT2D eigenvalue weighted by atomic mass is 32.2. The van der Waals surface area contributed by atoms with E-state index >= 15 is 0 Å². The predicted octanol–water partition coefficient (Wildman–Crippen LogP) is 5.03. The van der Waals surface area contributed by atoms with E-state index in [2.05, 4.69) is 30.4 Å². The smallest absolute Gasteiger partial charge is 0.260 e. The summed E-state index contributed by atoms with van der Waals surface area (Å²) in [6, 6.07) is 25.3. The third-order valence-electron chi connectivity index (χ3n) is 5.73. The molecule has 0 aliphatic carbocycles. The molecule has 34 heavy (non-hydrogen) atoms. The number of hydrogen-bond acceptors (Lipinski definition) is 4. The number of carbonyl (C=O) groups is 1. The minimum atomic E-state index is -3.66. The number of sulfonamides is 1. The SMILES string of the molecule is CC(C)c1ccc(N(CC(=O)N/N=C/c2c3ccccc3cc3ccccc23)S(C)(=O)=O)cc1. The number of benzene rings is 4. The third kappa shape index (κ3) is 5.10. The lowest BCUT2D eigenvalue weighted by atomic mass is 9.97. The summed E-state index contributed by atoms with van der Waals surface area (Å²) in [6.45, 7) is 3.76. The van der Waals surface area contributed by atoms with E-state index in [1.807, 2.05) is 60.7 Å². The Morgan fingerprint density at radius 2 is 1.50 bits per heavy atom. The zero-order valence-corrected chi connectivity index (χ0v) is 20.2. The molecule has 0 aliphatic rings. The van der Waals surface area contributed by atoms with Gasteiger partial charge in [0.15, 0.2) is 0 Å². The molecule has 4 rings (SSSR count). The molecule has 0 bridgehead atoms. The monoisotopic (exact) mass is 473 g/mol. The van der Waals surface area contributed by atoms with E-state index in [9.17, 15) is 13.2 Å². The first-order valence-electron chi connectivity index (χ1n) is 11.0. The zero-order valence-electron chi connectivity index (χ0n) is 19.4. The summed E-state index contributed by atoms with van der Waals surface area (Å²) in [5.41, 5.74) is 4.90. The van der Waals surface area contributed by atoms with Crippen molar-refractivity contribution in [2.45, 2.75) is 19.8 Å². The van der Waals surface area contributed by atoms with Gasteiger partial charge in [0.05, 0.1) is 18.2 Å². The van der Waals surface area contributed by atoms with Gasteiger partial charge in [0.1, 0.15) is 6.54 Å². The maximum absolute atomic E-state index is 12.6. The second-order valence-electron chi connectivity index (χ2n) is 8.54. The summed E-state index contributed by atoms with van der Waals surface area (Å²) in [5.74, 6) is -0.206. The quantitative estimate of drug-likeness (QED) is 0.232. The molecule has 0 saturated heterocycles. The Morgan fingerprint density at radius 3 is 2.03 bits per heavy atom. The van der Waals surface area contributed by atoms with Crippen LogP contribution in [0.2, 0.25) is 0 Å². The Hall–Kier alpha value is -3.71. The molecular formula is C27H27N3O3S. The molecule has 0 atom stereocenters. The average molecular weight is 474 g/mol. The van der Waals surface area contributed by atoms with Gasteiger partial charge in [-0.2, -0.15) is 5.10 Å². The van der Waals surface area contributed by atoms with Gasteiger partial charge in [0, 0.05) is 5.56 Å². The van der Waals surface area contributed by atoms with E-state index in [1.165, 1.54) is 0 Å². The van der Waals surface area contributed by atoms with Crippen LogP contribution in [-0.4, -0.2) is 33.3 Å². The lowest BCUT2D eigenvalue weighted by Gasteiger charge is -2.21. The van der Waals surface area contributed by atoms with Crippen LogP contribution in [0.25, 0.3) is 21.5 Å². The van der Waals surface area contributed by atoms with Crippen LogP contribution in [0.5, 0.6) is 0 Å². The Kier molecular flexibility index (Phi) is 6.65. The molecule has 1 amide bonds. The Balaban J connectivity index is 1.57. The molecule has 174 valence electrons. The number of hydrogen-bond donors (Lipinski definition) is 1. The lowest BCUT2D eigenvalue weighted by Crippen LogP contribution is -2.39. The summed E-state index contributed by atoms with van der Waals surface area (Å²) < 4.78 is 25.8. The second kappa shape index (κ2) is 9.65. The molecule has 6 nitrogen and oxygen atoms in total. The van der Waals surface area contributed by atoms with Gasteiger partial charge in [-0.3, -0.25) is 9.10 Å². The Morgan fingerprint density at radius 1 is 0.941 bits per heavy atom. The topological polar surface area (TPSA) is 78.8 Å². The van der Waals surface area contributed by atoms with Crippen molar-refractivity contribution in [2.75, 3.05) is 17.1 Å². The van der Waals surface area contributed by atoms with Crippen LogP contribution in [-0.2, 0) is 14.8 Å². The van der Waals surface area contributed by atoms with Crippen molar-refractivity contribution >= 4 is 49.4 Å². The highest BCUT2D eigenvalue weighted by molar-refractivity contribution is 7.92. The molecule has 0 fully saturated rings. The number of carbonyl (C=O) groups excluding carboxylic acids is 1. The van der Waals surface area contributed by atoms with E-state index in [4.69, 9.17) is 0 Å². The average Bonchev–Trinajstić information content (AvgIpc) is 2.81. The maximum Gasteiger partial charge on any atom is 0.260 e. The fourth-order valence-electron chi connectivity index (χ4n) is 3.95. The minimum Gasteiger partial charge on any atom is -0.271 e. The Labute approximate surface area is 200 Å². The largest absolute Gasteiger partial charge is 0.271 e. The summed E-state index contributed by atoms with van der Waals surface area (Å²) >= 11 is 0. The molecule has 7 heteroatoms. The first-order chi connectivity index (χ1) is 16.2. The normalized spacial score (nSPS) is 12.0. The first-order valence-corrected chi connectivity index (χ1v) is 12.9. The van der Waals surface area contributed by atoms with E-state index in [-0.39, 0.29) is 6.54 Å². The van der Waals surface area contributed by atoms with Crippen molar-refractivity contribution in [3.05, 3.63) is 90.0 Å². The van der Waals surface area contributed by atoms with Gasteiger partial charge in [-0.05, 0) is 51.2 Å². The van der Waals surface area contributed by atoms with Gasteiger partial charge < -0.3 is 0 Å². The maximum atomic E-state index is 12.6. The van der Waals surface area contributed by atoms with Crippen molar-refractivity contribution in [3.8, 4) is 0 Å². The van der Waals surface area contributed by atoms with Crippen molar-refractivity contribution < 1.29 is 13.2 Å². The van der Waals surface area contributed by atoms with Gasteiger partial charge in [-0.1, -0.05) is 74.5 Å². The molecule has 0 aliphatic heterocycles.